The Morgan fingerprint density at radius 2 is 1.62 bits per heavy atom. The number of hydrogen-bond donors (Lipinski definition) is 0. The summed E-state index contributed by atoms with van der Waals surface area (Å²) in [7, 11) is 0. The molecule has 0 spiro atoms. The van der Waals surface area contributed by atoms with E-state index in [0.29, 0.717) is 5.92 Å². The lowest BCUT2D eigenvalue weighted by Crippen LogP contribution is -2.35. The highest BCUT2D eigenvalue weighted by Crippen LogP contribution is 2.32. The highest BCUT2D eigenvalue weighted by Gasteiger charge is 2.25. The zero-order valence-electron chi connectivity index (χ0n) is 18.7. The van der Waals surface area contributed by atoms with Crippen LogP contribution in [0, 0.1) is 6.92 Å². The Labute approximate surface area is 190 Å². The van der Waals surface area contributed by atoms with E-state index in [1.54, 1.807) is 0 Å². The number of pyridine rings is 1. The van der Waals surface area contributed by atoms with Gasteiger partial charge in [-0.2, -0.15) is 5.10 Å². The molecule has 4 heteroatoms. The van der Waals surface area contributed by atoms with Crippen LogP contribution in [0.25, 0.3) is 17.1 Å². The van der Waals surface area contributed by atoms with Crippen molar-refractivity contribution in [2.75, 3.05) is 19.6 Å². The van der Waals surface area contributed by atoms with E-state index in [0.717, 1.165) is 56.0 Å². The van der Waals surface area contributed by atoms with Crippen molar-refractivity contribution in [1.29, 1.82) is 0 Å². The first-order valence-corrected chi connectivity index (χ1v) is 11.6. The van der Waals surface area contributed by atoms with Gasteiger partial charge in [0.1, 0.15) is 0 Å². The summed E-state index contributed by atoms with van der Waals surface area (Å²) < 4.78 is 2.07. The molecule has 1 saturated heterocycles. The smallest absolute Gasteiger partial charge is 0.153 e. The maximum absolute atomic E-state index is 4.99. The Morgan fingerprint density at radius 1 is 0.875 bits per heavy atom. The Bertz CT molecular complexity index is 1130. The van der Waals surface area contributed by atoms with Crippen LogP contribution in [0.2, 0.25) is 0 Å². The monoisotopic (exact) mass is 422 g/mol. The lowest BCUT2D eigenvalue weighted by Gasteiger charge is -2.32. The Morgan fingerprint density at radius 3 is 2.34 bits per heavy atom. The molecule has 5 rings (SSSR count). The number of piperidine rings is 1. The van der Waals surface area contributed by atoms with E-state index in [4.69, 9.17) is 5.10 Å². The van der Waals surface area contributed by atoms with E-state index in [2.05, 4.69) is 82.2 Å². The van der Waals surface area contributed by atoms with E-state index in [9.17, 15) is 0 Å². The fraction of sp³-hybridized carbons (Fsp3) is 0.286. The molecule has 0 atom stereocenters. The van der Waals surface area contributed by atoms with Crippen molar-refractivity contribution in [2.24, 2.45) is 0 Å². The molecule has 2 aromatic heterocycles. The van der Waals surface area contributed by atoms with Gasteiger partial charge in [-0.1, -0.05) is 66.2 Å². The maximum atomic E-state index is 4.99. The van der Waals surface area contributed by atoms with Crippen molar-refractivity contribution in [1.82, 2.24) is 19.7 Å². The van der Waals surface area contributed by atoms with Crippen LogP contribution in [-0.4, -0.2) is 39.3 Å². The molecule has 0 saturated carbocycles. The van der Waals surface area contributed by atoms with Gasteiger partial charge in [0.2, 0.25) is 0 Å². The van der Waals surface area contributed by atoms with Gasteiger partial charge in [0.05, 0.1) is 5.69 Å². The highest BCUT2D eigenvalue weighted by molar-refractivity contribution is 5.60. The Balaban J connectivity index is 1.34. The molecule has 1 fully saturated rings. The van der Waals surface area contributed by atoms with Crippen LogP contribution in [0.5, 0.6) is 0 Å². The third-order valence-electron chi connectivity index (χ3n) is 6.52. The maximum Gasteiger partial charge on any atom is 0.153 e. The summed E-state index contributed by atoms with van der Waals surface area (Å²) in [6.07, 6.45) is 5.27. The molecule has 0 radical (unpaired) electrons. The van der Waals surface area contributed by atoms with Gasteiger partial charge in [-0.15, -0.1) is 0 Å². The molecule has 1 aliphatic rings. The Kier molecular flexibility index (Phi) is 6.13. The molecule has 1 aliphatic heterocycles. The molecular weight excluding hydrogens is 392 g/mol. The van der Waals surface area contributed by atoms with E-state index in [1.165, 1.54) is 16.8 Å². The van der Waals surface area contributed by atoms with E-state index >= 15 is 0 Å². The lowest BCUT2D eigenvalue weighted by molar-refractivity contribution is 0.212. The van der Waals surface area contributed by atoms with Crippen LogP contribution in [0.1, 0.15) is 35.6 Å². The number of hydrogen-bond acceptors (Lipinski definition) is 3. The number of rotatable bonds is 6. The molecule has 2 aromatic carbocycles. The van der Waals surface area contributed by atoms with Gasteiger partial charge >= 0.3 is 0 Å². The van der Waals surface area contributed by atoms with Crippen molar-refractivity contribution in [2.45, 2.75) is 32.1 Å². The summed E-state index contributed by atoms with van der Waals surface area (Å²) in [6, 6.07) is 27.8. The summed E-state index contributed by atoms with van der Waals surface area (Å²) in [4.78, 5) is 7.20. The number of aryl methyl sites for hydroxylation is 1. The summed E-state index contributed by atoms with van der Waals surface area (Å²) in [5.74, 6) is 1.39. The van der Waals surface area contributed by atoms with E-state index < -0.39 is 0 Å². The molecule has 0 unspecified atom stereocenters. The zero-order chi connectivity index (χ0) is 21.8. The minimum absolute atomic E-state index is 0.497. The molecule has 0 bridgehead atoms. The molecular formula is C28H30N4. The van der Waals surface area contributed by atoms with Crippen LogP contribution < -0.4 is 0 Å². The van der Waals surface area contributed by atoms with E-state index in [-0.39, 0.29) is 0 Å². The van der Waals surface area contributed by atoms with E-state index in [1.807, 2.05) is 24.4 Å². The average molecular weight is 423 g/mol. The number of benzene rings is 2. The molecule has 162 valence electrons. The first-order chi connectivity index (χ1) is 15.8. The van der Waals surface area contributed by atoms with Gasteiger partial charge in [0.15, 0.2) is 5.82 Å². The second-order valence-electron chi connectivity index (χ2n) is 8.77. The Hall–Kier alpha value is -3.24. The number of likely N-dealkylation sites (tertiary alicyclic amines) is 1. The zero-order valence-corrected chi connectivity index (χ0v) is 18.7. The number of aromatic nitrogens is 3. The van der Waals surface area contributed by atoms with Gasteiger partial charge in [-0.3, -0.25) is 0 Å². The number of nitrogens with zero attached hydrogens (tertiary/aromatic N) is 4. The standard InChI is InChI=1S/C28H30N4/c1-22-10-12-24(13-11-22)26-21-27(32(30-26)28-9-5-6-17-29-28)25-15-19-31(20-16-25)18-14-23-7-3-2-4-8-23/h2-13,17,21,25H,14-16,18-20H2,1H3. The summed E-state index contributed by atoms with van der Waals surface area (Å²) >= 11 is 0. The van der Waals surface area contributed by atoms with Crippen molar-refractivity contribution in [3.05, 3.63) is 102 Å². The first kappa shape index (κ1) is 20.7. The largest absolute Gasteiger partial charge is 0.303 e. The third kappa shape index (κ3) is 4.66. The fourth-order valence-electron chi connectivity index (χ4n) is 4.60. The third-order valence-corrected chi connectivity index (χ3v) is 6.52. The average Bonchev–Trinajstić information content (AvgIpc) is 3.30. The normalized spacial score (nSPS) is 15.2. The predicted octanol–water partition coefficient (Wildman–Crippen LogP) is 5.66. The topological polar surface area (TPSA) is 34.0 Å². The lowest BCUT2D eigenvalue weighted by atomic mass is 9.92. The van der Waals surface area contributed by atoms with Gasteiger partial charge in [0.25, 0.3) is 0 Å². The quantitative estimate of drug-likeness (QED) is 0.402. The van der Waals surface area contributed by atoms with Crippen LogP contribution in [0.4, 0.5) is 0 Å². The molecule has 32 heavy (non-hydrogen) atoms. The van der Waals surface area contributed by atoms with Crippen LogP contribution in [-0.2, 0) is 6.42 Å². The molecule has 4 aromatic rings. The van der Waals surface area contributed by atoms with Crippen LogP contribution in [0.3, 0.4) is 0 Å². The second kappa shape index (κ2) is 9.49. The van der Waals surface area contributed by atoms with Gasteiger partial charge < -0.3 is 4.90 Å². The van der Waals surface area contributed by atoms with Gasteiger partial charge in [-0.25, -0.2) is 9.67 Å². The highest BCUT2D eigenvalue weighted by atomic mass is 15.3. The van der Waals surface area contributed by atoms with Gasteiger partial charge in [-0.05, 0) is 63.0 Å². The fourth-order valence-corrected chi connectivity index (χ4v) is 4.60. The summed E-state index contributed by atoms with van der Waals surface area (Å²) in [6.45, 7) is 5.51. The molecule has 3 heterocycles. The molecule has 0 aliphatic carbocycles. The minimum atomic E-state index is 0.497. The minimum Gasteiger partial charge on any atom is -0.303 e. The van der Waals surface area contributed by atoms with Gasteiger partial charge in [0, 0.05) is 29.9 Å². The SMILES string of the molecule is Cc1ccc(-c2cc(C3CCN(CCc4ccccc4)CC3)n(-c3ccccn3)n2)cc1. The molecule has 0 amide bonds. The van der Waals surface area contributed by atoms with Crippen molar-refractivity contribution < 1.29 is 0 Å². The second-order valence-corrected chi connectivity index (χ2v) is 8.77. The van der Waals surface area contributed by atoms with Crippen molar-refractivity contribution >= 4 is 0 Å². The first-order valence-electron chi connectivity index (χ1n) is 11.6. The van der Waals surface area contributed by atoms with Crippen LogP contribution >= 0.6 is 0 Å². The van der Waals surface area contributed by atoms with Crippen LogP contribution in [0.15, 0.2) is 85.1 Å². The summed E-state index contributed by atoms with van der Waals surface area (Å²) in [5.41, 5.74) is 6.15. The molecule has 4 nitrogen and oxygen atoms in total. The molecule has 0 N–H and O–H groups in total. The predicted molar refractivity (Wildman–Crippen MR) is 130 cm³/mol. The summed E-state index contributed by atoms with van der Waals surface area (Å²) in [5, 5.41) is 4.99. The van der Waals surface area contributed by atoms with Crippen molar-refractivity contribution in [3.63, 3.8) is 0 Å². The van der Waals surface area contributed by atoms with Crippen molar-refractivity contribution in [3.8, 4) is 17.1 Å².